The second kappa shape index (κ2) is 7.98. The molecule has 7 heteroatoms. The zero-order valence-electron chi connectivity index (χ0n) is 18.4. The summed E-state index contributed by atoms with van der Waals surface area (Å²) < 4.78 is 18.2. The van der Waals surface area contributed by atoms with Crippen LogP contribution in [0, 0.1) is 5.92 Å². The highest BCUT2D eigenvalue weighted by Gasteiger charge is 2.53. The van der Waals surface area contributed by atoms with Gasteiger partial charge in [-0.2, -0.15) is 0 Å². The molecule has 2 N–H and O–H groups in total. The summed E-state index contributed by atoms with van der Waals surface area (Å²) >= 11 is 0. The number of hydrogen-bond donors (Lipinski definition) is 2. The number of carboxylic acids is 1. The molecule has 0 saturated carbocycles. The number of nitrogens with zero attached hydrogens (tertiary/aromatic N) is 1. The molecule has 7 nitrogen and oxygen atoms in total. The zero-order valence-corrected chi connectivity index (χ0v) is 18.4. The standard InChI is InChI=1S/C25H29NO6/c1-25(2)19-12-20-22(31-24(19)18-11-16(27)5-8-21(18)32-25)9-10-26(20)13-15-3-6-17(7-4-15)30-14-23(28)29/h3-8,11,19-20,22,24,27H,9-10,12-14H2,1-2H3,(H,28,29)/t19-,20+,22-,24+/m0/s1. The van der Waals surface area contributed by atoms with E-state index in [2.05, 4.69) is 18.7 Å². The van der Waals surface area contributed by atoms with Crippen molar-refractivity contribution in [3.63, 3.8) is 0 Å². The Hall–Kier alpha value is -2.77. The molecule has 2 aromatic rings. The normalized spacial score (nSPS) is 28.2. The van der Waals surface area contributed by atoms with Gasteiger partial charge in [0.25, 0.3) is 0 Å². The summed E-state index contributed by atoms with van der Waals surface area (Å²) in [6.07, 6.45) is 2.02. The van der Waals surface area contributed by atoms with Crippen LogP contribution in [-0.2, 0) is 16.1 Å². The molecular weight excluding hydrogens is 410 g/mol. The minimum atomic E-state index is -0.986. The lowest BCUT2D eigenvalue weighted by atomic mass is 9.74. The summed E-state index contributed by atoms with van der Waals surface area (Å²) in [5, 5.41) is 18.8. The first-order valence-corrected chi connectivity index (χ1v) is 11.1. The van der Waals surface area contributed by atoms with Crippen molar-refractivity contribution in [1.82, 2.24) is 4.90 Å². The van der Waals surface area contributed by atoms with Crippen LogP contribution < -0.4 is 9.47 Å². The van der Waals surface area contributed by atoms with Gasteiger partial charge in [0.15, 0.2) is 6.61 Å². The molecule has 0 radical (unpaired) electrons. The number of hydrogen-bond acceptors (Lipinski definition) is 6. The SMILES string of the molecule is CC1(C)Oc2ccc(O)cc2[C@H]2O[C@H]3CCN(Cc4ccc(OCC(=O)O)cc4)[C@@H]3C[C@@H]21. The third-order valence-corrected chi connectivity index (χ3v) is 7.02. The van der Waals surface area contributed by atoms with Crippen molar-refractivity contribution in [2.45, 2.75) is 57.1 Å². The van der Waals surface area contributed by atoms with Crippen LogP contribution in [0.2, 0.25) is 0 Å². The second-order valence-corrected chi connectivity index (χ2v) is 9.52. The topological polar surface area (TPSA) is 88.5 Å². The van der Waals surface area contributed by atoms with Gasteiger partial charge in [0.1, 0.15) is 22.8 Å². The fourth-order valence-electron chi connectivity index (χ4n) is 5.43. The van der Waals surface area contributed by atoms with E-state index in [0.717, 1.165) is 42.8 Å². The Kier molecular flexibility index (Phi) is 5.26. The Morgan fingerprint density at radius 1 is 1.22 bits per heavy atom. The van der Waals surface area contributed by atoms with Gasteiger partial charge in [-0.05, 0) is 62.6 Å². The number of phenolic OH excluding ortho intramolecular Hbond substituents is 1. The molecular formula is C25H29NO6. The van der Waals surface area contributed by atoms with Crippen LogP contribution in [0.5, 0.6) is 17.2 Å². The van der Waals surface area contributed by atoms with Crippen molar-refractivity contribution < 1.29 is 29.2 Å². The van der Waals surface area contributed by atoms with Crippen LogP contribution in [0.1, 0.15) is 43.9 Å². The Balaban J connectivity index is 1.31. The van der Waals surface area contributed by atoms with E-state index in [1.807, 2.05) is 30.3 Å². The fraction of sp³-hybridized carbons (Fsp3) is 0.480. The fourth-order valence-corrected chi connectivity index (χ4v) is 5.43. The van der Waals surface area contributed by atoms with Crippen LogP contribution in [0.4, 0.5) is 0 Å². The van der Waals surface area contributed by atoms with Crippen molar-refractivity contribution in [3.05, 3.63) is 53.6 Å². The maximum atomic E-state index is 10.7. The Labute approximate surface area is 187 Å². The highest BCUT2D eigenvalue weighted by atomic mass is 16.5. The number of fused-ring (bicyclic) bond motifs is 4. The van der Waals surface area contributed by atoms with Gasteiger partial charge >= 0.3 is 5.97 Å². The van der Waals surface area contributed by atoms with Crippen LogP contribution in [-0.4, -0.2) is 52.0 Å². The molecule has 2 aromatic carbocycles. The summed E-state index contributed by atoms with van der Waals surface area (Å²) in [6, 6.07) is 13.2. The first-order chi connectivity index (χ1) is 15.3. The molecule has 0 unspecified atom stereocenters. The predicted octanol–water partition coefficient (Wildman–Crippen LogP) is 3.75. The van der Waals surface area contributed by atoms with Crippen molar-refractivity contribution in [3.8, 4) is 17.2 Å². The maximum absolute atomic E-state index is 10.7. The zero-order chi connectivity index (χ0) is 22.5. The monoisotopic (exact) mass is 439 g/mol. The van der Waals surface area contributed by atoms with Gasteiger partial charge in [-0.15, -0.1) is 0 Å². The van der Waals surface area contributed by atoms with Gasteiger partial charge in [0.2, 0.25) is 0 Å². The van der Waals surface area contributed by atoms with Gasteiger partial charge < -0.3 is 24.4 Å². The van der Waals surface area contributed by atoms with E-state index in [9.17, 15) is 9.90 Å². The minimum Gasteiger partial charge on any atom is -0.508 e. The van der Waals surface area contributed by atoms with Gasteiger partial charge in [0, 0.05) is 30.6 Å². The summed E-state index contributed by atoms with van der Waals surface area (Å²) in [5.41, 5.74) is 1.74. The van der Waals surface area contributed by atoms with Crippen LogP contribution >= 0.6 is 0 Å². The van der Waals surface area contributed by atoms with Crippen molar-refractivity contribution in [2.24, 2.45) is 5.92 Å². The molecule has 3 aliphatic heterocycles. The van der Waals surface area contributed by atoms with E-state index in [4.69, 9.17) is 19.3 Å². The number of rotatable bonds is 5. The lowest BCUT2D eigenvalue weighted by molar-refractivity contribution is -0.162. The van der Waals surface area contributed by atoms with Crippen LogP contribution in [0.25, 0.3) is 0 Å². The molecule has 32 heavy (non-hydrogen) atoms. The first kappa shape index (κ1) is 21.1. The summed E-state index contributed by atoms with van der Waals surface area (Å²) in [5.74, 6) is 0.793. The van der Waals surface area contributed by atoms with Gasteiger partial charge in [-0.25, -0.2) is 4.79 Å². The molecule has 0 bridgehead atoms. The molecule has 170 valence electrons. The number of phenols is 1. The van der Waals surface area contributed by atoms with E-state index in [1.54, 1.807) is 12.1 Å². The number of carboxylic acid groups (broad SMARTS) is 1. The number of likely N-dealkylation sites (tertiary alicyclic amines) is 1. The van der Waals surface area contributed by atoms with E-state index in [-0.39, 0.29) is 36.1 Å². The molecule has 3 heterocycles. The molecule has 0 aliphatic carbocycles. The average Bonchev–Trinajstić information content (AvgIpc) is 3.14. The Morgan fingerprint density at radius 2 is 2.00 bits per heavy atom. The number of aromatic hydroxyl groups is 1. The molecule has 4 atom stereocenters. The molecule has 3 aliphatic rings. The van der Waals surface area contributed by atoms with Crippen LogP contribution in [0.3, 0.4) is 0 Å². The lowest BCUT2D eigenvalue weighted by Gasteiger charge is -2.50. The highest BCUT2D eigenvalue weighted by molar-refractivity contribution is 5.68. The molecule has 2 saturated heterocycles. The van der Waals surface area contributed by atoms with Crippen LogP contribution in [0.15, 0.2) is 42.5 Å². The first-order valence-electron chi connectivity index (χ1n) is 11.1. The molecule has 0 aromatic heterocycles. The summed E-state index contributed by atoms with van der Waals surface area (Å²) in [7, 11) is 0. The van der Waals surface area contributed by atoms with E-state index in [0.29, 0.717) is 11.8 Å². The molecule has 2 fully saturated rings. The van der Waals surface area contributed by atoms with Crippen molar-refractivity contribution >= 4 is 5.97 Å². The minimum absolute atomic E-state index is 0.0762. The molecule has 0 spiro atoms. The quantitative estimate of drug-likeness (QED) is 0.734. The number of aliphatic carboxylic acids is 1. The summed E-state index contributed by atoms with van der Waals surface area (Å²) in [6.45, 7) is 5.67. The van der Waals surface area contributed by atoms with E-state index >= 15 is 0 Å². The highest BCUT2D eigenvalue weighted by Crippen LogP contribution is 2.53. The number of carbonyl (C=O) groups is 1. The Morgan fingerprint density at radius 3 is 2.75 bits per heavy atom. The smallest absolute Gasteiger partial charge is 0.341 e. The Bertz CT molecular complexity index is 1000. The van der Waals surface area contributed by atoms with E-state index < -0.39 is 5.97 Å². The van der Waals surface area contributed by atoms with Crippen molar-refractivity contribution in [1.29, 1.82) is 0 Å². The molecule has 5 rings (SSSR count). The van der Waals surface area contributed by atoms with Crippen molar-refractivity contribution in [2.75, 3.05) is 13.2 Å². The second-order valence-electron chi connectivity index (χ2n) is 9.52. The number of benzene rings is 2. The third-order valence-electron chi connectivity index (χ3n) is 7.02. The molecule has 0 amide bonds. The van der Waals surface area contributed by atoms with Gasteiger partial charge in [-0.1, -0.05) is 12.1 Å². The largest absolute Gasteiger partial charge is 0.508 e. The van der Waals surface area contributed by atoms with Gasteiger partial charge in [0.05, 0.1) is 12.2 Å². The van der Waals surface area contributed by atoms with Gasteiger partial charge in [-0.3, -0.25) is 4.90 Å². The summed E-state index contributed by atoms with van der Waals surface area (Å²) in [4.78, 5) is 13.1. The lowest BCUT2D eigenvalue weighted by Crippen LogP contribution is -2.53. The average molecular weight is 440 g/mol. The maximum Gasteiger partial charge on any atom is 0.341 e. The van der Waals surface area contributed by atoms with E-state index in [1.165, 1.54) is 0 Å². The number of ether oxygens (including phenoxy) is 3. The third kappa shape index (κ3) is 3.91. The predicted molar refractivity (Wildman–Crippen MR) is 117 cm³/mol.